The van der Waals surface area contributed by atoms with Crippen molar-refractivity contribution >= 4 is 5.78 Å². The maximum Gasteiger partial charge on any atom is 0.186 e. The van der Waals surface area contributed by atoms with E-state index in [1.807, 2.05) is 6.92 Å². The number of rotatable bonds is 4. The molecule has 0 saturated heterocycles. The third-order valence-electron chi connectivity index (χ3n) is 2.88. The summed E-state index contributed by atoms with van der Waals surface area (Å²) in [5.74, 6) is 0.430. The van der Waals surface area contributed by atoms with Gasteiger partial charge in [-0.25, -0.2) is 4.39 Å². The number of aryl methyl sites for hydroxylation is 1. The normalized spacial score (nSPS) is 18.4. The second-order valence-corrected chi connectivity index (χ2v) is 4.14. The van der Waals surface area contributed by atoms with Gasteiger partial charge in [-0.2, -0.15) is 0 Å². The molecule has 1 aromatic rings. The van der Waals surface area contributed by atoms with Crippen LogP contribution >= 0.6 is 0 Å². The lowest BCUT2D eigenvalue weighted by molar-refractivity contribution is -0.125. The van der Waals surface area contributed by atoms with Crippen LogP contribution in [0.2, 0.25) is 0 Å². The maximum atomic E-state index is 13.0. The largest absolute Gasteiger partial charge is 0.482 e. The van der Waals surface area contributed by atoms with Gasteiger partial charge in [-0.3, -0.25) is 4.79 Å². The Morgan fingerprint density at radius 2 is 2.41 bits per heavy atom. The smallest absolute Gasteiger partial charge is 0.186 e. The van der Waals surface area contributed by atoms with Gasteiger partial charge in [0.15, 0.2) is 11.9 Å². The number of halogens is 1. The van der Waals surface area contributed by atoms with Crippen molar-refractivity contribution in [3.8, 4) is 5.75 Å². The van der Waals surface area contributed by atoms with Gasteiger partial charge in [-0.1, -0.05) is 6.92 Å². The van der Waals surface area contributed by atoms with Crippen LogP contribution in [0.25, 0.3) is 0 Å². The highest BCUT2D eigenvalue weighted by molar-refractivity contribution is 5.85. The average Bonchev–Trinajstić information content (AvgIpc) is 2.35. The van der Waals surface area contributed by atoms with Crippen LogP contribution in [0, 0.1) is 5.82 Å². The third kappa shape index (κ3) is 2.82. The van der Waals surface area contributed by atoms with E-state index in [0.717, 1.165) is 12.1 Å². The molecule has 1 heterocycles. The molecule has 0 bridgehead atoms. The van der Waals surface area contributed by atoms with Crippen LogP contribution in [0.5, 0.6) is 5.75 Å². The fourth-order valence-corrected chi connectivity index (χ4v) is 1.95. The van der Waals surface area contributed by atoms with Crippen molar-refractivity contribution in [1.82, 2.24) is 5.32 Å². The van der Waals surface area contributed by atoms with Crippen LogP contribution in [0.3, 0.4) is 0 Å². The Balaban J connectivity index is 2.03. The van der Waals surface area contributed by atoms with E-state index in [-0.39, 0.29) is 11.6 Å². The number of ether oxygens (including phenoxy) is 1. The zero-order valence-corrected chi connectivity index (χ0v) is 9.83. The summed E-state index contributed by atoms with van der Waals surface area (Å²) in [6.45, 7) is 3.05. The van der Waals surface area contributed by atoms with Crippen molar-refractivity contribution in [3.63, 3.8) is 0 Å². The van der Waals surface area contributed by atoms with E-state index in [1.165, 1.54) is 12.1 Å². The molecule has 17 heavy (non-hydrogen) atoms. The first-order valence-electron chi connectivity index (χ1n) is 5.89. The van der Waals surface area contributed by atoms with E-state index < -0.39 is 6.10 Å². The Labute approximate surface area is 100.0 Å². The van der Waals surface area contributed by atoms with E-state index in [9.17, 15) is 9.18 Å². The Kier molecular flexibility index (Phi) is 3.74. The van der Waals surface area contributed by atoms with Gasteiger partial charge >= 0.3 is 0 Å². The SMILES string of the molecule is CCNCC(=O)C1CCc2cc(F)ccc2O1. The molecule has 1 N–H and O–H groups in total. The molecular formula is C13H16FNO2. The third-order valence-corrected chi connectivity index (χ3v) is 2.88. The van der Waals surface area contributed by atoms with Gasteiger partial charge in [0.1, 0.15) is 11.6 Å². The molecule has 0 aliphatic carbocycles. The lowest BCUT2D eigenvalue weighted by Gasteiger charge is -2.25. The molecule has 92 valence electrons. The molecule has 3 nitrogen and oxygen atoms in total. The standard InChI is InChI=1S/C13H16FNO2/c1-2-15-8-11(16)13-5-3-9-7-10(14)4-6-12(9)17-13/h4,6-7,13,15H,2-3,5,8H2,1H3. The van der Waals surface area contributed by atoms with E-state index in [2.05, 4.69) is 5.32 Å². The highest BCUT2D eigenvalue weighted by Gasteiger charge is 2.25. The molecule has 1 aliphatic heterocycles. The predicted octanol–water partition coefficient (Wildman–Crippen LogP) is 1.70. The van der Waals surface area contributed by atoms with Crippen molar-refractivity contribution in [2.45, 2.75) is 25.9 Å². The number of benzene rings is 1. The Morgan fingerprint density at radius 1 is 1.59 bits per heavy atom. The second kappa shape index (κ2) is 5.27. The number of carbonyl (C=O) groups is 1. The molecule has 0 spiro atoms. The van der Waals surface area contributed by atoms with Crippen molar-refractivity contribution in [2.24, 2.45) is 0 Å². The van der Waals surface area contributed by atoms with E-state index >= 15 is 0 Å². The molecule has 4 heteroatoms. The van der Waals surface area contributed by atoms with Crippen molar-refractivity contribution in [3.05, 3.63) is 29.6 Å². The summed E-state index contributed by atoms with van der Waals surface area (Å²) < 4.78 is 18.6. The monoisotopic (exact) mass is 237 g/mol. The Hall–Kier alpha value is -1.42. The minimum absolute atomic E-state index is 0.0572. The summed E-state index contributed by atoms with van der Waals surface area (Å²) >= 11 is 0. The van der Waals surface area contributed by atoms with Gasteiger partial charge < -0.3 is 10.1 Å². The minimum Gasteiger partial charge on any atom is -0.482 e. The number of hydrogen-bond acceptors (Lipinski definition) is 3. The van der Waals surface area contributed by atoms with Crippen LogP contribution in [0.15, 0.2) is 18.2 Å². The average molecular weight is 237 g/mol. The second-order valence-electron chi connectivity index (χ2n) is 4.14. The maximum absolute atomic E-state index is 13.0. The molecule has 2 rings (SSSR count). The van der Waals surface area contributed by atoms with Crippen LogP contribution in [0.1, 0.15) is 18.9 Å². The van der Waals surface area contributed by atoms with E-state index in [4.69, 9.17) is 4.74 Å². The van der Waals surface area contributed by atoms with Crippen molar-refractivity contribution in [2.75, 3.05) is 13.1 Å². The number of Topliss-reactive ketones (excluding diaryl/α,β-unsaturated/α-hetero) is 1. The summed E-state index contributed by atoms with van der Waals surface area (Å²) in [6, 6.07) is 4.42. The first kappa shape index (κ1) is 12.0. The van der Waals surface area contributed by atoms with Gasteiger partial charge in [0.25, 0.3) is 0 Å². The summed E-state index contributed by atoms with van der Waals surface area (Å²) in [6.07, 6.45) is 0.919. The molecule has 0 fully saturated rings. The quantitative estimate of drug-likeness (QED) is 0.866. The fraction of sp³-hybridized carbons (Fsp3) is 0.462. The first-order chi connectivity index (χ1) is 8.20. The Bertz CT molecular complexity index is 420. The van der Waals surface area contributed by atoms with Crippen LogP contribution in [-0.4, -0.2) is 25.0 Å². The summed E-state index contributed by atoms with van der Waals surface area (Å²) in [5.41, 5.74) is 0.845. The van der Waals surface area contributed by atoms with Gasteiger partial charge in [-0.15, -0.1) is 0 Å². The fourth-order valence-electron chi connectivity index (χ4n) is 1.95. The summed E-state index contributed by atoms with van der Waals surface area (Å²) in [7, 11) is 0. The zero-order valence-electron chi connectivity index (χ0n) is 9.83. The summed E-state index contributed by atoms with van der Waals surface area (Å²) in [4.78, 5) is 11.8. The number of fused-ring (bicyclic) bond motifs is 1. The number of ketones is 1. The molecule has 0 radical (unpaired) electrons. The molecule has 1 unspecified atom stereocenters. The molecule has 1 aromatic carbocycles. The van der Waals surface area contributed by atoms with Gasteiger partial charge in [0.2, 0.25) is 0 Å². The number of nitrogens with one attached hydrogen (secondary N) is 1. The molecule has 0 aromatic heterocycles. The molecule has 1 atom stereocenters. The highest BCUT2D eigenvalue weighted by Crippen LogP contribution is 2.28. The van der Waals surface area contributed by atoms with Crippen molar-refractivity contribution < 1.29 is 13.9 Å². The zero-order chi connectivity index (χ0) is 12.3. The van der Waals surface area contributed by atoms with Gasteiger partial charge in [0.05, 0.1) is 6.54 Å². The Morgan fingerprint density at radius 3 is 3.18 bits per heavy atom. The first-order valence-corrected chi connectivity index (χ1v) is 5.89. The van der Waals surface area contributed by atoms with E-state index in [1.54, 1.807) is 6.07 Å². The van der Waals surface area contributed by atoms with E-state index in [0.29, 0.717) is 25.1 Å². The predicted molar refractivity (Wildman–Crippen MR) is 62.7 cm³/mol. The minimum atomic E-state index is -0.396. The van der Waals surface area contributed by atoms with Crippen molar-refractivity contribution in [1.29, 1.82) is 0 Å². The lowest BCUT2D eigenvalue weighted by atomic mass is 10.00. The number of likely N-dealkylation sites (N-methyl/N-ethyl adjacent to an activating group) is 1. The van der Waals surface area contributed by atoms with Crippen LogP contribution < -0.4 is 10.1 Å². The lowest BCUT2D eigenvalue weighted by Crippen LogP contribution is -2.37. The molecule has 0 saturated carbocycles. The van der Waals surface area contributed by atoms with Gasteiger partial charge in [0, 0.05) is 0 Å². The van der Waals surface area contributed by atoms with Crippen LogP contribution in [-0.2, 0) is 11.2 Å². The number of hydrogen-bond donors (Lipinski definition) is 1. The van der Waals surface area contributed by atoms with Crippen LogP contribution in [0.4, 0.5) is 4.39 Å². The molecule has 1 aliphatic rings. The molecular weight excluding hydrogens is 221 g/mol. The van der Waals surface area contributed by atoms with Gasteiger partial charge in [-0.05, 0) is 43.1 Å². The topological polar surface area (TPSA) is 38.3 Å². The highest BCUT2D eigenvalue weighted by atomic mass is 19.1. The summed E-state index contributed by atoms with van der Waals surface area (Å²) in [5, 5.41) is 2.99. The number of carbonyl (C=O) groups excluding carboxylic acids is 1. The molecule has 0 amide bonds.